The molecule has 1 N–H and O–H groups in total. The monoisotopic (exact) mass is 271 g/mol. The Hall–Kier alpha value is -1.51. The molecule has 0 radical (unpaired) electrons. The van der Waals surface area contributed by atoms with Crippen LogP contribution in [-0.4, -0.2) is 18.6 Å². The molecule has 2 saturated carbocycles. The van der Waals surface area contributed by atoms with E-state index in [-0.39, 0.29) is 11.4 Å². The average Bonchev–Trinajstić information content (AvgIpc) is 3.15. The Morgan fingerprint density at radius 3 is 2.90 bits per heavy atom. The quantitative estimate of drug-likeness (QED) is 0.898. The predicted octanol–water partition coefficient (Wildman–Crippen LogP) is 2.86. The average molecular weight is 271 g/mol. The summed E-state index contributed by atoms with van der Waals surface area (Å²) in [6, 6.07) is 8.35. The fourth-order valence-electron chi connectivity index (χ4n) is 5.16. The van der Waals surface area contributed by atoms with Crippen LogP contribution in [0.2, 0.25) is 0 Å². The van der Waals surface area contributed by atoms with Gasteiger partial charge < -0.3 is 10.1 Å². The van der Waals surface area contributed by atoms with Gasteiger partial charge in [-0.15, -0.1) is 0 Å². The van der Waals surface area contributed by atoms with Gasteiger partial charge in [-0.3, -0.25) is 4.79 Å². The van der Waals surface area contributed by atoms with Gasteiger partial charge in [0.25, 0.3) is 0 Å². The zero-order chi connectivity index (χ0) is 13.7. The molecule has 1 aromatic rings. The normalized spacial score (nSPS) is 38.5. The first-order chi connectivity index (χ1) is 9.74. The summed E-state index contributed by atoms with van der Waals surface area (Å²) in [5.41, 5.74) is 1.30. The van der Waals surface area contributed by atoms with Crippen LogP contribution in [0, 0.1) is 11.8 Å². The van der Waals surface area contributed by atoms with Gasteiger partial charge in [-0.2, -0.15) is 0 Å². The third kappa shape index (κ3) is 1.49. The molecule has 2 aliphatic carbocycles. The van der Waals surface area contributed by atoms with Crippen LogP contribution in [-0.2, 0) is 4.79 Å². The summed E-state index contributed by atoms with van der Waals surface area (Å²) in [7, 11) is 1.74. The number of rotatable bonds is 2. The number of hydrogen-bond donors (Lipinski definition) is 1. The van der Waals surface area contributed by atoms with Crippen molar-refractivity contribution in [3.63, 3.8) is 0 Å². The van der Waals surface area contributed by atoms with Crippen molar-refractivity contribution in [3.05, 3.63) is 29.8 Å². The minimum Gasteiger partial charge on any atom is -0.496 e. The number of carbonyl (C=O) groups is 1. The molecule has 4 unspecified atom stereocenters. The molecule has 20 heavy (non-hydrogen) atoms. The number of ether oxygens (including phenoxy) is 1. The Kier molecular flexibility index (Phi) is 2.60. The molecule has 4 rings (SSSR count). The highest BCUT2D eigenvalue weighted by Gasteiger charge is 2.61. The summed E-state index contributed by atoms with van der Waals surface area (Å²) < 4.78 is 5.58. The lowest BCUT2D eigenvalue weighted by Gasteiger charge is -2.41. The number of amides is 1. The molecule has 3 heteroatoms. The fraction of sp³-hybridized carbons (Fsp3) is 0.588. The number of carbonyl (C=O) groups excluding carboxylic acids is 1. The maximum atomic E-state index is 11.9. The van der Waals surface area contributed by atoms with Gasteiger partial charge in [0.2, 0.25) is 5.91 Å². The smallest absolute Gasteiger partial charge is 0.220 e. The van der Waals surface area contributed by atoms with E-state index in [2.05, 4.69) is 17.4 Å². The SMILES string of the molecule is COc1ccccc1C1C2CCC(C2)C12CCC(=O)N2. The first kappa shape index (κ1) is 12.2. The van der Waals surface area contributed by atoms with E-state index in [9.17, 15) is 4.79 Å². The van der Waals surface area contributed by atoms with E-state index >= 15 is 0 Å². The summed E-state index contributed by atoms with van der Waals surface area (Å²) in [6.07, 6.45) is 5.52. The van der Waals surface area contributed by atoms with Crippen LogP contribution in [0.5, 0.6) is 5.75 Å². The molecule has 1 aliphatic heterocycles. The van der Waals surface area contributed by atoms with Gasteiger partial charge >= 0.3 is 0 Å². The second-order valence-electron chi connectivity index (χ2n) is 6.58. The number of fused-ring (bicyclic) bond motifs is 3. The third-order valence-electron chi connectivity index (χ3n) is 5.84. The highest BCUT2D eigenvalue weighted by molar-refractivity contribution is 5.80. The van der Waals surface area contributed by atoms with Crippen LogP contribution < -0.4 is 10.1 Å². The first-order valence-electron chi connectivity index (χ1n) is 7.68. The largest absolute Gasteiger partial charge is 0.496 e. The zero-order valence-electron chi connectivity index (χ0n) is 11.9. The second kappa shape index (κ2) is 4.24. The van der Waals surface area contributed by atoms with Crippen molar-refractivity contribution in [1.82, 2.24) is 5.32 Å². The standard InChI is InChI=1S/C17H21NO2/c1-20-14-5-3-2-4-13(14)16-11-6-7-12(10-11)17(16)9-8-15(19)18-17/h2-5,11-12,16H,6-10H2,1H3,(H,18,19). The molecule has 3 aliphatic rings. The number of methoxy groups -OCH3 is 1. The summed E-state index contributed by atoms with van der Waals surface area (Å²) in [6.45, 7) is 0. The van der Waals surface area contributed by atoms with Crippen LogP contribution in [0.15, 0.2) is 24.3 Å². The molecule has 1 spiro atoms. The molecular formula is C17H21NO2. The van der Waals surface area contributed by atoms with Crippen LogP contribution in [0.1, 0.15) is 43.6 Å². The topological polar surface area (TPSA) is 38.3 Å². The molecule has 3 fully saturated rings. The molecular weight excluding hydrogens is 250 g/mol. The summed E-state index contributed by atoms with van der Waals surface area (Å²) in [5.74, 6) is 3.01. The Balaban J connectivity index is 1.81. The highest BCUT2D eigenvalue weighted by atomic mass is 16.5. The van der Waals surface area contributed by atoms with Crippen molar-refractivity contribution in [2.75, 3.05) is 7.11 Å². The molecule has 0 aromatic heterocycles. The first-order valence-corrected chi connectivity index (χ1v) is 7.68. The van der Waals surface area contributed by atoms with Crippen LogP contribution >= 0.6 is 0 Å². The van der Waals surface area contributed by atoms with Gasteiger partial charge in [0, 0.05) is 12.3 Å². The van der Waals surface area contributed by atoms with Crippen molar-refractivity contribution in [3.8, 4) is 5.75 Å². The Labute approximate surface area is 119 Å². The predicted molar refractivity (Wildman–Crippen MR) is 76.7 cm³/mol. The minimum absolute atomic E-state index is 0.00856. The summed E-state index contributed by atoms with van der Waals surface area (Å²) >= 11 is 0. The van der Waals surface area contributed by atoms with Gasteiger partial charge in [0.1, 0.15) is 5.75 Å². The summed E-state index contributed by atoms with van der Waals surface area (Å²) in [4.78, 5) is 11.9. The van der Waals surface area contributed by atoms with Gasteiger partial charge in [-0.1, -0.05) is 18.2 Å². The van der Waals surface area contributed by atoms with Crippen LogP contribution in [0.3, 0.4) is 0 Å². The third-order valence-corrected chi connectivity index (χ3v) is 5.84. The van der Waals surface area contributed by atoms with Gasteiger partial charge in [-0.05, 0) is 49.1 Å². The fourth-order valence-corrected chi connectivity index (χ4v) is 5.16. The van der Waals surface area contributed by atoms with E-state index in [1.54, 1.807) is 7.11 Å². The van der Waals surface area contributed by atoms with Gasteiger partial charge in [0.05, 0.1) is 12.6 Å². The van der Waals surface area contributed by atoms with Crippen molar-refractivity contribution in [2.45, 2.75) is 43.6 Å². The number of hydrogen-bond acceptors (Lipinski definition) is 2. The van der Waals surface area contributed by atoms with Gasteiger partial charge in [-0.25, -0.2) is 0 Å². The van der Waals surface area contributed by atoms with Crippen molar-refractivity contribution in [1.29, 1.82) is 0 Å². The van der Waals surface area contributed by atoms with Crippen LogP contribution in [0.4, 0.5) is 0 Å². The maximum Gasteiger partial charge on any atom is 0.220 e. The van der Waals surface area contributed by atoms with E-state index in [0.717, 1.165) is 12.2 Å². The zero-order valence-corrected chi connectivity index (χ0v) is 11.9. The lowest BCUT2D eigenvalue weighted by atomic mass is 9.68. The number of nitrogens with one attached hydrogen (secondary N) is 1. The van der Waals surface area contributed by atoms with E-state index in [1.807, 2.05) is 12.1 Å². The second-order valence-corrected chi connectivity index (χ2v) is 6.58. The molecule has 2 bridgehead atoms. The minimum atomic E-state index is 0.00856. The maximum absolute atomic E-state index is 11.9. The lowest BCUT2D eigenvalue weighted by Crippen LogP contribution is -2.51. The Morgan fingerprint density at radius 1 is 1.30 bits per heavy atom. The summed E-state index contributed by atoms with van der Waals surface area (Å²) in [5, 5.41) is 3.37. The number of para-hydroxylation sites is 1. The molecule has 3 nitrogen and oxygen atoms in total. The highest BCUT2D eigenvalue weighted by Crippen LogP contribution is 2.62. The van der Waals surface area contributed by atoms with E-state index < -0.39 is 0 Å². The van der Waals surface area contributed by atoms with Crippen molar-refractivity contribution in [2.24, 2.45) is 11.8 Å². The molecule has 106 valence electrons. The molecule has 1 saturated heterocycles. The van der Waals surface area contributed by atoms with E-state index in [1.165, 1.54) is 24.8 Å². The van der Waals surface area contributed by atoms with Gasteiger partial charge in [0.15, 0.2) is 0 Å². The Morgan fingerprint density at radius 2 is 2.15 bits per heavy atom. The molecule has 1 amide bonds. The molecule has 1 aromatic carbocycles. The van der Waals surface area contributed by atoms with E-state index in [4.69, 9.17) is 4.74 Å². The van der Waals surface area contributed by atoms with Crippen LogP contribution in [0.25, 0.3) is 0 Å². The van der Waals surface area contributed by atoms with E-state index in [0.29, 0.717) is 24.2 Å². The van der Waals surface area contributed by atoms with Crippen molar-refractivity contribution < 1.29 is 9.53 Å². The molecule has 4 atom stereocenters. The number of benzene rings is 1. The lowest BCUT2D eigenvalue weighted by molar-refractivity contribution is -0.120. The van der Waals surface area contributed by atoms with Crippen molar-refractivity contribution >= 4 is 5.91 Å². The molecule has 1 heterocycles. The Bertz CT molecular complexity index is 556.